The summed E-state index contributed by atoms with van der Waals surface area (Å²) in [6.45, 7) is 0. The zero-order chi connectivity index (χ0) is 14.5. The predicted octanol–water partition coefficient (Wildman–Crippen LogP) is 2.25. The number of nitrogens with two attached hydrogens (primary N) is 1. The van der Waals surface area contributed by atoms with Crippen LogP contribution in [0.15, 0.2) is 41.1 Å². The molecular weight excluding hydrogens is 322 g/mol. The molecule has 4 N–H and O–H groups in total. The number of hydrogen-bond donors (Lipinski definition) is 3. The molecule has 7 heteroatoms. The minimum atomic E-state index is -0.380. The van der Waals surface area contributed by atoms with E-state index in [1.165, 1.54) is 18.5 Å². The molecule has 0 bridgehead atoms. The van der Waals surface area contributed by atoms with E-state index < -0.39 is 0 Å². The fourth-order valence-electron chi connectivity index (χ4n) is 1.61. The van der Waals surface area contributed by atoms with Crippen LogP contribution in [-0.4, -0.2) is 10.9 Å². The number of amides is 1. The molecule has 0 saturated heterocycles. The van der Waals surface area contributed by atoms with Crippen molar-refractivity contribution in [2.75, 3.05) is 10.7 Å². The fourth-order valence-corrected chi connectivity index (χ4v) is 1.98. The van der Waals surface area contributed by atoms with Crippen LogP contribution in [0.3, 0.4) is 0 Å². The second-order valence-electron chi connectivity index (χ2n) is 3.82. The van der Waals surface area contributed by atoms with Gasteiger partial charge in [0.15, 0.2) is 0 Å². The van der Waals surface area contributed by atoms with Crippen LogP contribution in [0.1, 0.15) is 15.9 Å². The number of hydrogen-bond acceptors (Lipinski definition) is 5. The largest absolute Gasteiger partial charge is 0.322 e. The Labute approximate surface area is 123 Å². The molecule has 100 valence electrons. The van der Waals surface area contributed by atoms with E-state index in [0.717, 1.165) is 4.47 Å². The topological polar surface area (TPSA) is 104 Å². The molecule has 1 aromatic carbocycles. The van der Waals surface area contributed by atoms with Crippen molar-refractivity contribution in [3.05, 3.63) is 52.3 Å². The van der Waals surface area contributed by atoms with Crippen LogP contribution in [0.4, 0.5) is 11.4 Å². The number of nitrogens with one attached hydrogen (secondary N) is 2. The van der Waals surface area contributed by atoms with Crippen molar-refractivity contribution in [3.63, 3.8) is 0 Å². The van der Waals surface area contributed by atoms with Crippen LogP contribution < -0.4 is 16.6 Å². The predicted molar refractivity (Wildman–Crippen MR) is 78.9 cm³/mol. The highest BCUT2D eigenvalue weighted by atomic mass is 79.9. The summed E-state index contributed by atoms with van der Waals surface area (Å²) in [7, 11) is 0. The first kappa shape index (κ1) is 14.0. The molecule has 20 heavy (non-hydrogen) atoms. The molecular formula is C13H10BrN5O. The fraction of sp³-hybridized carbons (Fsp3) is 0. The molecule has 0 fully saturated rings. The molecule has 0 saturated carbocycles. The maximum atomic E-state index is 12.2. The number of benzene rings is 1. The lowest BCUT2D eigenvalue weighted by molar-refractivity contribution is 0.102. The van der Waals surface area contributed by atoms with E-state index in [-0.39, 0.29) is 5.91 Å². The van der Waals surface area contributed by atoms with Crippen LogP contribution in [-0.2, 0) is 0 Å². The summed E-state index contributed by atoms with van der Waals surface area (Å²) in [4.78, 5) is 16.1. The van der Waals surface area contributed by atoms with Gasteiger partial charge in [0.25, 0.3) is 5.91 Å². The molecule has 0 aliphatic carbocycles. The van der Waals surface area contributed by atoms with Crippen molar-refractivity contribution >= 4 is 33.2 Å². The number of pyridine rings is 1. The molecule has 1 heterocycles. The second-order valence-corrected chi connectivity index (χ2v) is 4.74. The summed E-state index contributed by atoms with van der Waals surface area (Å²) in [5, 5.41) is 11.7. The molecule has 2 rings (SSSR count). The highest BCUT2D eigenvalue weighted by molar-refractivity contribution is 9.10. The summed E-state index contributed by atoms with van der Waals surface area (Å²) >= 11 is 3.30. The van der Waals surface area contributed by atoms with Gasteiger partial charge in [-0.1, -0.05) is 15.9 Å². The van der Waals surface area contributed by atoms with Gasteiger partial charge in [0, 0.05) is 10.7 Å². The molecule has 0 atom stereocenters. The van der Waals surface area contributed by atoms with Gasteiger partial charge < -0.3 is 10.7 Å². The van der Waals surface area contributed by atoms with E-state index >= 15 is 0 Å². The first-order valence-corrected chi connectivity index (χ1v) is 6.36. The standard InChI is InChI=1S/C13H10BrN5O/c14-9-2-1-8(6-15)11(5-9)18-13(20)10-3-4-17-7-12(10)19-16/h1-5,7,19H,16H2,(H,18,20). The second kappa shape index (κ2) is 6.14. The van der Waals surface area contributed by atoms with Crippen molar-refractivity contribution in [3.8, 4) is 6.07 Å². The molecule has 0 unspecified atom stereocenters. The number of rotatable bonds is 3. The Kier molecular flexibility index (Phi) is 4.30. The number of halogens is 1. The minimum Gasteiger partial charge on any atom is -0.322 e. The third-order valence-electron chi connectivity index (χ3n) is 2.57. The van der Waals surface area contributed by atoms with Crippen molar-refractivity contribution in [2.24, 2.45) is 5.84 Å². The lowest BCUT2D eigenvalue weighted by Crippen LogP contribution is -2.18. The van der Waals surface area contributed by atoms with Gasteiger partial charge >= 0.3 is 0 Å². The third kappa shape index (κ3) is 2.93. The number of nitrogen functional groups attached to an aromatic ring is 1. The zero-order valence-corrected chi connectivity index (χ0v) is 11.8. The smallest absolute Gasteiger partial charge is 0.257 e. The van der Waals surface area contributed by atoms with Crippen LogP contribution in [0.25, 0.3) is 0 Å². The van der Waals surface area contributed by atoms with E-state index in [2.05, 4.69) is 31.7 Å². The summed E-state index contributed by atoms with van der Waals surface area (Å²) < 4.78 is 0.763. The number of carbonyl (C=O) groups is 1. The highest BCUT2D eigenvalue weighted by Crippen LogP contribution is 2.22. The summed E-state index contributed by atoms with van der Waals surface area (Å²) in [5.41, 5.74) is 3.94. The van der Waals surface area contributed by atoms with Gasteiger partial charge in [0.2, 0.25) is 0 Å². The molecule has 2 aromatic rings. The number of aromatic nitrogens is 1. The number of hydrazine groups is 1. The Hall–Kier alpha value is -2.43. The zero-order valence-electron chi connectivity index (χ0n) is 10.2. The SMILES string of the molecule is N#Cc1ccc(Br)cc1NC(=O)c1ccncc1NN. The monoisotopic (exact) mass is 331 g/mol. The van der Waals surface area contributed by atoms with E-state index in [4.69, 9.17) is 11.1 Å². The first-order chi connectivity index (χ1) is 9.65. The highest BCUT2D eigenvalue weighted by Gasteiger charge is 2.13. The Balaban J connectivity index is 2.33. The van der Waals surface area contributed by atoms with Crippen molar-refractivity contribution < 1.29 is 4.79 Å². The molecule has 0 spiro atoms. The maximum Gasteiger partial charge on any atom is 0.257 e. The Morgan fingerprint density at radius 1 is 1.35 bits per heavy atom. The minimum absolute atomic E-state index is 0.339. The molecule has 0 aliphatic rings. The van der Waals surface area contributed by atoms with Gasteiger partial charge in [-0.2, -0.15) is 5.26 Å². The normalized spacial score (nSPS) is 9.65. The van der Waals surface area contributed by atoms with Gasteiger partial charge in [-0.15, -0.1) is 0 Å². The average Bonchev–Trinajstić information content (AvgIpc) is 2.47. The van der Waals surface area contributed by atoms with Gasteiger partial charge in [-0.25, -0.2) is 0 Å². The van der Waals surface area contributed by atoms with E-state index in [0.29, 0.717) is 22.5 Å². The van der Waals surface area contributed by atoms with Crippen LogP contribution in [0, 0.1) is 11.3 Å². The van der Waals surface area contributed by atoms with E-state index in [1.807, 2.05) is 6.07 Å². The Bertz CT molecular complexity index is 695. The van der Waals surface area contributed by atoms with Gasteiger partial charge in [0.1, 0.15) is 6.07 Å². The average molecular weight is 332 g/mol. The van der Waals surface area contributed by atoms with Crippen molar-refractivity contribution in [1.82, 2.24) is 4.98 Å². The van der Waals surface area contributed by atoms with Crippen LogP contribution in [0.5, 0.6) is 0 Å². The Morgan fingerprint density at radius 3 is 2.85 bits per heavy atom. The quantitative estimate of drug-likeness (QED) is 0.591. The van der Waals surface area contributed by atoms with Crippen molar-refractivity contribution in [1.29, 1.82) is 5.26 Å². The van der Waals surface area contributed by atoms with Gasteiger partial charge in [-0.3, -0.25) is 15.6 Å². The lowest BCUT2D eigenvalue weighted by atomic mass is 10.1. The van der Waals surface area contributed by atoms with Crippen molar-refractivity contribution in [2.45, 2.75) is 0 Å². The molecule has 6 nitrogen and oxygen atoms in total. The third-order valence-corrected chi connectivity index (χ3v) is 3.06. The summed E-state index contributed by atoms with van der Waals surface area (Å²) in [5.74, 6) is 4.95. The molecule has 1 amide bonds. The number of nitrogens with zero attached hydrogens (tertiary/aromatic N) is 2. The maximum absolute atomic E-state index is 12.2. The van der Waals surface area contributed by atoms with E-state index in [9.17, 15) is 4.79 Å². The number of nitriles is 1. The first-order valence-electron chi connectivity index (χ1n) is 5.57. The van der Waals surface area contributed by atoms with Gasteiger partial charge in [0.05, 0.1) is 28.7 Å². The lowest BCUT2D eigenvalue weighted by Gasteiger charge is -2.10. The van der Waals surface area contributed by atoms with Gasteiger partial charge in [-0.05, 0) is 24.3 Å². The van der Waals surface area contributed by atoms with Crippen LogP contribution in [0.2, 0.25) is 0 Å². The molecule has 1 aromatic heterocycles. The van der Waals surface area contributed by atoms with E-state index in [1.54, 1.807) is 18.2 Å². The number of anilines is 2. The Morgan fingerprint density at radius 2 is 2.15 bits per heavy atom. The number of carbonyl (C=O) groups excluding carboxylic acids is 1. The molecule has 0 radical (unpaired) electrons. The molecule has 0 aliphatic heterocycles. The summed E-state index contributed by atoms with van der Waals surface area (Å²) in [6.07, 6.45) is 2.93. The summed E-state index contributed by atoms with van der Waals surface area (Å²) in [6, 6.07) is 8.57. The van der Waals surface area contributed by atoms with Crippen LogP contribution >= 0.6 is 15.9 Å².